The Balaban J connectivity index is 1.96. The van der Waals surface area contributed by atoms with Gasteiger partial charge in [-0.25, -0.2) is 8.42 Å². The minimum atomic E-state index is -3.50. The quantitative estimate of drug-likeness (QED) is 0.848. The third kappa shape index (κ3) is 3.23. The van der Waals surface area contributed by atoms with Crippen LogP contribution < -0.4 is 0 Å². The van der Waals surface area contributed by atoms with Crippen molar-refractivity contribution in [2.24, 2.45) is 5.92 Å². The second-order valence-corrected chi connectivity index (χ2v) is 8.34. The summed E-state index contributed by atoms with van der Waals surface area (Å²) in [5, 5.41) is 3.94. The molecule has 130 valence electrons. The van der Waals surface area contributed by atoms with E-state index in [2.05, 4.69) is 17.1 Å². The maximum absolute atomic E-state index is 13.0. The van der Waals surface area contributed by atoms with E-state index in [1.807, 2.05) is 19.9 Å². The van der Waals surface area contributed by atoms with Gasteiger partial charge in [0.15, 0.2) is 0 Å². The molecule has 1 aromatic carbocycles. The topological polar surface area (TPSA) is 76.3 Å². The van der Waals surface area contributed by atoms with Crippen LogP contribution in [0.25, 0.3) is 11.4 Å². The summed E-state index contributed by atoms with van der Waals surface area (Å²) in [5.74, 6) is 1.55. The molecule has 1 aliphatic rings. The highest BCUT2D eigenvalue weighted by atomic mass is 32.2. The van der Waals surface area contributed by atoms with E-state index in [0.717, 1.165) is 18.4 Å². The first-order valence-electron chi connectivity index (χ1n) is 8.35. The summed E-state index contributed by atoms with van der Waals surface area (Å²) in [6.45, 7) is 7.07. The van der Waals surface area contributed by atoms with Gasteiger partial charge in [0.1, 0.15) is 0 Å². The van der Waals surface area contributed by atoms with Crippen LogP contribution in [0.1, 0.15) is 38.1 Å². The van der Waals surface area contributed by atoms with E-state index in [-0.39, 0.29) is 0 Å². The number of benzene rings is 1. The van der Waals surface area contributed by atoms with Crippen LogP contribution in [-0.4, -0.2) is 36.0 Å². The third-order valence-corrected chi connectivity index (χ3v) is 6.62. The summed E-state index contributed by atoms with van der Waals surface area (Å²) in [5.41, 5.74) is 1.39. The van der Waals surface area contributed by atoms with Gasteiger partial charge in [-0.1, -0.05) is 31.1 Å². The molecule has 0 bridgehead atoms. The molecule has 1 aliphatic heterocycles. The highest BCUT2D eigenvalue weighted by Gasteiger charge is 2.29. The molecule has 0 N–H and O–H groups in total. The van der Waals surface area contributed by atoms with Crippen LogP contribution in [-0.2, 0) is 16.4 Å². The van der Waals surface area contributed by atoms with Gasteiger partial charge in [0, 0.05) is 25.1 Å². The fourth-order valence-electron chi connectivity index (χ4n) is 2.90. The Kier molecular flexibility index (Phi) is 4.73. The monoisotopic (exact) mass is 349 g/mol. The van der Waals surface area contributed by atoms with Crippen molar-refractivity contribution in [3.05, 3.63) is 29.7 Å². The van der Waals surface area contributed by atoms with Gasteiger partial charge in [-0.3, -0.25) is 0 Å². The van der Waals surface area contributed by atoms with Gasteiger partial charge in [0.2, 0.25) is 21.7 Å². The second kappa shape index (κ2) is 6.64. The van der Waals surface area contributed by atoms with Crippen molar-refractivity contribution in [1.82, 2.24) is 14.4 Å². The molecule has 1 fully saturated rings. The Morgan fingerprint density at radius 1 is 1.29 bits per heavy atom. The fraction of sp³-hybridized carbons (Fsp3) is 0.529. The number of aryl methyl sites for hydroxylation is 2. The second-order valence-electron chi connectivity index (χ2n) is 6.43. The zero-order valence-corrected chi connectivity index (χ0v) is 15.1. The first kappa shape index (κ1) is 17.1. The lowest BCUT2D eigenvalue weighted by molar-refractivity contribution is 0.288. The number of rotatable bonds is 4. The van der Waals surface area contributed by atoms with Crippen LogP contribution in [0.2, 0.25) is 0 Å². The third-order valence-electron chi connectivity index (χ3n) is 4.58. The molecule has 6 nitrogen and oxygen atoms in total. The number of nitrogens with zero attached hydrogens (tertiary/aromatic N) is 3. The Morgan fingerprint density at radius 3 is 2.62 bits per heavy atom. The molecular weight excluding hydrogens is 326 g/mol. The van der Waals surface area contributed by atoms with Crippen molar-refractivity contribution in [2.75, 3.05) is 13.1 Å². The van der Waals surface area contributed by atoms with Gasteiger partial charge in [-0.2, -0.15) is 9.29 Å². The van der Waals surface area contributed by atoms with Crippen molar-refractivity contribution >= 4 is 10.0 Å². The molecule has 0 aliphatic carbocycles. The van der Waals surface area contributed by atoms with E-state index in [1.54, 1.807) is 16.4 Å². The van der Waals surface area contributed by atoms with Crippen LogP contribution in [0.5, 0.6) is 0 Å². The lowest BCUT2D eigenvalue weighted by Gasteiger charge is -2.30. The number of hydrogen-bond donors (Lipinski definition) is 0. The summed E-state index contributed by atoms with van der Waals surface area (Å²) >= 11 is 0. The minimum Gasteiger partial charge on any atom is -0.339 e. The average molecular weight is 349 g/mol. The molecule has 2 aromatic rings. The van der Waals surface area contributed by atoms with Crippen molar-refractivity contribution in [3.8, 4) is 11.4 Å². The van der Waals surface area contributed by atoms with Crippen LogP contribution in [0.15, 0.2) is 27.6 Å². The normalized spacial score (nSPS) is 17.3. The first-order chi connectivity index (χ1) is 11.4. The summed E-state index contributed by atoms with van der Waals surface area (Å²) in [6, 6.07) is 5.29. The molecule has 1 aromatic heterocycles. The number of piperidine rings is 1. The Labute approximate surface area is 142 Å². The van der Waals surface area contributed by atoms with E-state index in [1.165, 1.54) is 0 Å². The predicted octanol–water partition coefficient (Wildman–Crippen LogP) is 3.03. The van der Waals surface area contributed by atoms with Crippen LogP contribution >= 0.6 is 0 Å². The largest absolute Gasteiger partial charge is 0.339 e. The molecule has 0 radical (unpaired) electrons. The van der Waals surface area contributed by atoms with Gasteiger partial charge in [0.25, 0.3) is 0 Å². The van der Waals surface area contributed by atoms with E-state index < -0.39 is 10.0 Å². The molecule has 3 rings (SSSR count). The van der Waals surface area contributed by atoms with Gasteiger partial charge in [-0.15, -0.1) is 0 Å². The molecule has 7 heteroatoms. The molecular formula is C17H23N3O3S. The van der Waals surface area contributed by atoms with Crippen molar-refractivity contribution in [2.45, 2.75) is 44.9 Å². The predicted molar refractivity (Wildman–Crippen MR) is 91.0 cm³/mol. The van der Waals surface area contributed by atoms with E-state index in [9.17, 15) is 8.42 Å². The molecule has 24 heavy (non-hydrogen) atoms. The Hall–Kier alpha value is -1.73. The van der Waals surface area contributed by atoms with Crippen molar-refractivity contribution in [3.63, 3.8) is 0 Å². The summed E-state index contributed by atoms with van der Waals surface area (Å²) in [4.78, 5) is 4.62. The van der Waals surface area contributed by atoms with Crippen LogP contribution in [0, 0.1) is 12.8 Å². The minimum absolute atomic E-state index is 0.331. The van der Waals surface area contributed by atoms with Gasteiger partial charge in [0.05, 0.1) is 4.90 Å². The number of sulfonamides is 1. The van der Waals surface area contributed by atoms with Crippen molar-refractivity contribution < 1.29 is 12.9 Å². The van der Waals surface area contributed by atoms with Gasteiger partial charge in [-0.05, 0) is 37.3 Å². The molecule has 1 saturated heterocycles. The maximum atomic E-state index is 13.0. The smallest absolute Gasteiger partial charge is 0.243 e. The summed E-state index contributed by atoms with van der Waals surface area (Å²) < 4.78 is 32.8. The lowest BCUT2D eigenvalue weighted by Crippen LogP contribution is -2.38. The van der Waals surface area contributed by atoms with Crippen LogP contribution in [0.4, 0.5) is 0 Å². The number of aromatic nitrogens is 2. The van der Waals surface area contributed by atoms with Crippen molar-refractivity contribution in [1.29, 1.82) is 0 Å². The summed E-state index contributed by atoms with van der Waals surface area (Å²) in [6.07, 6.45) is 2.46. The van der Waals surface area contributed by atoms with Gasteiger partial charge >= 0.3 is 0 Å². The van der Waals surface area contributed by atoms with E-state index in [4.69, 9.17) is 4.52 Å². The lowest BCUT2D eigenvalue weighted by atomic mass is 10.0. The molecule has 2 heterocycles. The Morgan fingerprint density at radius 2 is 2.00 bits per heavy atom. The zero-order valence-electron chi connectivity index (χ0n) is 14.3. The van der Waals surface area contributed by atoms with E-state index >= 15 is 0 Å². The zero-order chi connectivity index (χ0) is 17.3. The van der Waals surface area contributed by atoms with E-state index in [0.29, 0.717) is 47.6 Å². The molecule has 0 atom stereocenters. The standard InChI is InChI=1S/C17H23N3O3S/c1-4-16-18-17(19-23-16)14-6-5-13(3)15(11-14)24(21,22)20-9-7-12(2)8-10-20/h5-6,11-12H,4,7-10H2,1-3H3. The fourth-order valence-corrected chi connectivity index (χ4v) is 4.62. The highest BCUT2D eigenvalue weighted by molar-refractivity contribution is 7.89. The average Bonchev–Trinajstić information content (AvgIpc) is 3.04. The SMILES string of the molecule is CCc1nc(-c2ccc(C)c(S(=O)(=O)N3CCC(C)CC3)c2)no1. The van der Waals surface area contributed by atoms with Crippen LogP contribution in [0.3, 0.4) is 0 Å². The molecule has 0 saturated carbocycles. The molecule has 0 spiro atoms. The molecule has 0 amide bonds. The Bertz CT molecular complexity index is 821. The van der Waals surface area contributed by atoms with Gasteiger partial charge < -0.3 is 4.52 Å². The number of hydrogen-bond acceptors (Lipinski definition) is 5. The maximum Gasteiger partial charge on any atom is 0.243 e. The highest BCUT2D eigenvalue weighted by Crippen LogP contribution is 2.28. The molecule has 0 unspecified atom stereocenters. The first-order valence-corrected chi connectivity index (χ1v) is 9.79. The summed E-state index contributed by atoms with van der Waals surface area (Å²) in [7, 11) is -3.50.